The van der Waals surface area contributed by atoms with E-state index in [1.807, 2.05) is 68.6 Å². The van der Waals surface area contributed by atoms with Gasteiger partial charge in [0.25, 0.3) is 15.3 Å². The van der Waals surface area contributed by atoms with Crippen molar-refractivity contribution in [3.8, 4) is 0 Å². The van der Waals surface area contributed by atoms with Crippen LogP contribution in [0.5, 0.6) is 0 Å². The molecular formula is C10H28B10Cl2O2Si4. The van der Waals surface area contributed by atoms with Gasteiger partial charge in [0.05, 0.1) is 14.3 Å². The van der Waals surface area contributed by atoms with Gasteiger partial charge in [-0.1, -0.05) is 11.9 Å². The SMILES string of the molecule is C[Si](C)(Cl)O[Si](C)(C)C[B][B][B][B][B][B][B][B][B][B]C[Si](C)(C)O[Si](C)(C)Cl. The fourth-order valence-electron chi connectivity index (χ4n) is 2.64. The molecule has 0 N–H and O–H groups in total. The van der Waals surface area contributed by atoms with E-state index in [1.54, 1.807) is 0 Å². The summed E-state index contributed by atoms with van der Waals surface area (Å²) in [4.78, 5) is 0. The van der Waals surface area contributed by atoms with Crippen molar-refractivity contribution in [2.75, 3.05) is 0 Å². The summed E-state index contributed by atoms with van der Waals surface area (Å²) >= 11 is 12.6. The molecule has 140 valence electrons. The fourth-order valence-corrected chi connectivity index (χ4v) is 19.0. The Morgan fingerprint density at radius 2 is 0.750 bits per heavy atom. The van der Waals surface area contributed by atoms with Gasteiger partial charge < -0.3 is 8.23 Å². The van der Waals surface area contributed by atoms with Crippen LogP contribution in [0.15, 0.2) is 0 Å². The summed E-state index contributed by atoms with van der Waals surface area (Å²) in [5.74, 6) is 1.95. The normalized spacial score (nSPS) is 12.5. The van der Waals surface area contributed by atoms with Crippen molar-refractivity contribution in [1.29, 1.82) is 0 Å². The molecule has 0 bridgehead atoms. The first-order chi connectivity index (χ1) is 12.6. The Morgan fingerprint density at radius 1 is 0.500 bits per heavy atom. The maximum atomic E-state index is 6.29. The Labute approximate surface area is 196 Å². The van der Waals surface area contributed by atoms with E-state index in [0.29, 0.717) is 0 Å². The van der Waals surface area contributed by atoms with Crippen LogP contribution in [0.1, 0.15) is 0 Å². The van der Waals surface area contributed by atoms with Gasteiger partial charge in [-0.15, -0.1) is 22.2 Å². The molecule has 0 aliphatic heterocycles. The predicted molar refractivity (Wildman–Crippen MR) is 151 cm³/mol. The zero-order valence-corrected chi connectivity index (χ0v) is 24.3. The van der Waals surface area contributed by atoms with Crippen molar-refractivity contribution in [2.45, 2.75) is 64.3 Å². The maximum absolute atomic E-state index is 6.29. The second kappa shape index (κ2) is 14.2. The molecule has 0 unspecified atom stereocenters. The molecule has 0 heterocycles. The van der Waals surface area contributed by atoms with Gasteiger partial charge in [0, 0.05) is 56.5 Å². The van der Waals surface area contributed by atoms with Crippen molar-refractivity contribution in [2.24, 2.45) is 0 Å². The Bertz CT molecular complexity index is 390. The highest BCUT2D eigenvalue weighted by atomic mass is 35.6. The lowest BCUT2D eigenvalue weighted by Gasteiger charge is -2.29. The van der Waals surface area contributed by atoms with Crippen LogP contribution in [0, 0.1) is 0 Å². The summed E-state index contributed by atoms with van der Waals surface area (Å²) in [6.45, 7) is 17.0. The molecule has 2 nitrogen and oxygen atoms in total. The first kappa shape index (κ1) is 30.0. The molecule has 0 aromatic heterocycles. The van der Waals surface area contributed by atoms with Gasteiger partial charge >= 0.3 is 0 Å². The molecule has 0 amide bonds. The van der Waals surface area contributed by atoms with Crippen LogP contribution in [0.3, 0.4) is 0 Å². The molecule has 10 radical (unpaired) electrons. The van der Waals surface area contributed by atoms with Gasteiger partial charge in [0.1, 0.15) is 0 Å². The number of halogens is 2. The van der Waals surface area contributed by atoms with Crippen LogP contribution < -0.4 is 0 Å². The van der Waals surface area contributed by atoms with E-state index >= 15 is 0 Å². The van der Waals surface area contributed by atoms with Crippen LogP contribution in [0.4, 0.5) is 0 Å². The zero-order valence-electron chi connectivity index (χ0n) is 18.8. The summed E-state index contributed by atoms with van der Waals surface area (Å²) in [6, 6.07) is 0. The van der Waals surface area contributed by atoms with Crippen molar-refractivity contribution in [1.82, 2.24) is 0 Å². The maximum Gasteiger partial charge on any atom is 0.274 e. The van der Waals surface area contributed by atoms with Crippen LogP contribution in [0.2, 0.25) is 64.3 Å². The first-order valence-electron chi connectivity index (χ1n) is 9.72. The lowest BCUT2D eigenvalue weighted by atomic mass is 8.88. The third-order valence-corrected chi connectivity index (χ3v) is 15.4. The fraction of sp³-hybridized carbons (Fsp3) is 1.00. The van der Waals surface area contributed by atoms with Gasteiger partial charge in [-0.25, -0.2) is 0 Å². The minimum atomic E-state index is -1.97. The summed E-state index contributed by atoms with van der Waals surface area (Å²) in [5.41, 5.74) is 0. The van der Waals surface area contributed by atoms with E-state index in [1.165, 1.54) is 0 Å². The van der Waals surface area contributed by atoms with Gasteiger partial charge in [0.15, 0.2) is 16.6 Å². The third-order valence-electron chi connectivity index (χ3n) is 3.31. The molecule has 28 heavy (non-hydrogen) atoms. The predicted octanol–water partition coefficient (Wildman–Crippen LogP) is 1.50. The molecule has 0 saturated carbocycles. The quantitative estimate of drug-likeness (QED) is 0.182. The highest BCUT2D eigenvalue weighted by molar-refractivity contribution is 7.69. The second-order valence-electron chi connectivity index (χ2n) is 8.87. The molecule has 0 fully saturated rings. The highest BCUT2D eigenvalue weighted by Gasteiger charge is 2.31. The topological polar surface area (TPSA) is 18.5 Å². The average molecular weight is 472 g/mol. The zero-order chi connectivity index (χ0) is 21.9. The van der Waals surface area contributed by atoms with Crippen LogP contribution in [-0.4, -0.2) is 103 Å². The first-order valence-corrected chi connectivity index (χ1v) is 23.8. The van der Waals surface area contributed by atoms with E-state index in [4.69, 9.17) is 30.4 Å². The smallest absolute Gasteiger partial charge is 0.274 e. The Balaban J connectivity index is 3.52. The van der Waals surface area contributed by atoms with Gasteiger partial charge in [-0.3, -0.25) is 0 Å². The molecule has 0 atom stereocenters. The lowest BCUT2D eigenvalue weighted by molar-refractivity contribution is 0.570. The van der Waals surface area contributed by atoms with E-state index in [0.717, 1.165) is 11.9 Å². The Kier molecular flexibility index (Phi) is 15.2. The molecule has 0 aromatic rings. The molecular weight excluding hydrogens is 443 g/mol. The summed E-state index contributed by atoms with van der Waals surface area (Å²) < 4.78 is 12.2. The molecule has 0 aliphatic carbocycles. The van der Waals surface area contributed by atoms with Crippen LogP contribution in [-0.2, 0) is 8.23 Å². The van der Waals surface area contributed by atoms with Gasteiger partial charge in [0.2, 0.25) is 0 Å². The van der Waals surface area contributed by atoms with Crippen molar-refractivity contribution in [3.05, 3.63) is 0 Å². The van der Waals surface area contributed by atoms with E-state index in [9.17, 15) is 0 Å². The minimum absolute atomic E-state index is 0.974. The lowest BCUT2D eigenvalue weighted by Crippen LogP contribution is -2.43. The van der Waals surface area contributed by atoms with Crippen molar-refractivity contribution >= 4 is 125 Å². The minimum Gasteiger partial charge on any atom is -0.445 e. The average Bonchev–Trinajstić information content (AvgIpc) is 2.43. The van der Waals surface area contributed by atoms with Gasteiger partial charge in [-0.2, -0.15) is 0 Å². The monoisotopic (exact) mass is 472 g/mol. The Hall–Kier alpha value is 2.02. The molecule has 0 spiro atoms. The van der Waals surface area contributed by atoms with E-state index < -0.39 is 31.9 Å². The number of hydrogen-bond donors (Lipinski definition) is 0. The summed E-state index contributed by atoms with van der Waals surface area (Å²) in [5, 5.41) is 0. The highest BCUT2D eigenvalue weighted by Crippen LogP contribution is 2.20. The van der Waals surface area contributed by atoms with Crippen LogP contribution in [0.25, 0.3) is 0 Å². The second-order valence-corrected chi connectivity index (χ2v) is 29.3. The van der Waals surface area contributed by atoms with E-state index in [2.05, 4.69) is 54.7 Å². The number of hydrogen-bond acceptors (Lipinski definition) is 2. The molecule has 0 saturated heterocycles. The van der Waals surface area contributed by atoms with Crippen molar-refractivity contribution in [3.63, 3.8) is 0 Å². The molecule has 0 aromatic carbocycles. The molecule has 0 aliphatic rings. The molecule has 18 heteroatoms. The van der Waals surface area contributed by atoms with Crippen LogP contribution >= 0.6 is 22.2 Å². The molecule has 0 rings (SSSR count). The van der Waals surface area contributed by atoms with E-state index in [-0.39, 0.29) is 0 Å². The summed E-state index contributed by atoms with van der Waals surface area (Å²) in [7, 11) is 13.3. The Morgan fingerprint density at radius 3 is 1.00 bits per heavy atom. The van der Waals surface area contributed by atoms with Gasteiger partial charge in [-0.05, 0) is 52.4 Å². The van der Waals surface area contributed by atoms with Crippen molar-refractivity contribution < 1.29 is 8.23 Å². The largest absolute Gasteiger partial charge is 0.445 e. The standard InChI is InChI=1S/C10H28B10Cl2O2Si4/c1-25(2,23-27(5,6)21)9-11-13-15-17-19-20-18-16-14-12-10-26(3,4)24-28(7,8)22/h9-10H2,1-8H3. The number of rotatable bonds is 17. The summed E-state index contributed by atoms with van der Waals surface area (Å²) in [6.07, 6.45) is 0. The third kappa shape index (κ3) is 21.3.